The fourth-order valence-corrected chi connectivity index (χ4v) is 1.58. The molecular formula is C12H14N4O. The van der Waals surface area contributed by atoms with Crippen molar-refractivity contribution in [1.29, 1.82) is 0 Å². The lowest BCUT2D eigenvalue weighted by Gasteiger charge is -2.05. The van der Waals surface area contributed by atoms with Gasteiger partial charge in [-0.1, -0.05) is 13.8 Å². The van der Waals surface area contributed by atoms with Gasteiger partial charge in [-0.05, 0) is 18.4 Å². The topological polar surface area (TPSA) is 71.5 Å². The van der Waals surface area contributed by atoms with Crippen molar-refractivity contribution in [2.75, 3.05) is 0 Å². The third-order valence-corrected chi connectivity index (χ3v) is 2.24. The molecule has 0 aliphatic rings. The molecular weight excluding hydrogens is 216 g/mol. The van der Waals surface area contributed by atoms with Crippen LogP contribution in [0, 0.1) is 5.92 Å². The van der Waals surface area contributed by atoms with Crippen LogP contribution < -0.4 is 5.56 Å². The standard InChI is InChI=1S/C12H14N4O/c1-8(2)5-9-6-11(17)16-12(15-9)10-3-4-13-7-14-10/h3-4,6-8H,5H2,1-2H3,(H,15,16,17). The molecule has 17 heavy (non-hydrogen) atoms. The molecule has 2 heterocycles. The monoisotopic (exact) mass is 230 g/mol. The molecule has 1 N–H and O–H groups in total. The molecule has 0 bridgehead atoms. The first-order valence-corrected chi connectivity index (χ1v) is 5.52. The van der Waals surface area contributed by atoms with Gasteiger partial charge in [-0.2, -0.15) is 0 Å². The van der Waals surface area contributed by atoms with E-state index in [0.29, 0.717) is 17.4 Å². The van der Waals surface area contributed by atoms with Crippen LogP contribution in [0.5, 0.6) is 0 Å². The molecule has 0 aliphatic carbocycles. The van der Waals surface area contributed by atoms with Crippen molar-refractivity contribution >= 4 is 0 Å². The quantitative estimate of drug-likeness (QED) is 0.865. The Morgan fingerprint density at radius 2 is 2.24 bits per heavy atom. The average Bonchev–Trinajstić information content (AvgIpc) is 2.28. The van der Waals surface area contributed by atoms with Crippen molar-refractivity contribution in [3.8, 4) is 11.5 Å². The van der Waals surface area contributed by atoms with Crippen LogP contribution in [0.4, 0.5) is 0 Å². The van der Waals surface area contributed by atoms with Crippen molar-refractivity contribution in [3.05, 3.63) is 40.7 Å². The van der Waals surface area contributed by atoms with Crippen molar-refractivity contribution in [2.24, 2.45) is 5.92 Å². The second-order valence-electron chi connectivity index (χ2n) is 4.28. The maximum absolute atomic E-state index is 11.5. The summed E-state index contributed by atoms with van der Waals surface area (Å²) in [6, 6.07) is 3.25. The van der Waals surface area contributed by atoms with E-state index >= 15 is 0 Å². The Balaban J connectivity index is 2.42. The van der Waals surface area contributed by atoms with Crippen LogP contribution in [0.3, 0.4) is 0 Å². The summed E-state index contributed by atoms with van der Waals surface area (Å²) >= 11 is 0. The highest BCUT2D eigenvalue weighted by molar-refractivity contribution is 5.47. The van der Waals surface area contributed by atoms with Crippen molar-refractivity contribution in [2.45, 2.75) is 20.3 Å². The molecule has 0 saturated heterocycles. The highest BCUT2D eigenvalue weighted by Gasteiger charge is 2.06. The number of aromatic nitrogens is 4. The van der Waals surface area contributed by atoms with E-state index in [0.717, 1.165) is 12.1 Å². The number of aromatic amines is 1. The highest BCUT2D eigenvalue weighted by Crippen LogP contribution is 2.10. The van der Waals surface area contributed by atoms with Crippen LogP contribution in [-0.4, -0.2) is 19.9 Å². The molecule has 0 aromatic carbocycles. The minimum Gasteiger partial charge on any atom is -0.305 e. The Labute approximate surface area is 99.0 Å². The molecule has 0 aliphatic heterocycles. The molecule has 0 saturated carbocycles. The molecule has 0 spiro atoms. The van der Waals surface area contributed by atoms with Gasteiger partial charge >= 0.3 is 0 Å². The largest absolute Gasteiger partial charge is 0.305 e. The lowest BCUT2D eigenvalue weighted by molar-refractivity contribution is 0.633. The second kappa shape index (κ2) is 4.86. The maximum Gasteiger partial charge on any atom is 0.251 e. The minimum atomic E-state index is -0.149. The summed E-state index contributed by atoms with van der Waals surface area (Å²) in [5.74, 6) is 0.957. The molecule has 0 radical (unpaired) electrons. The van der Waals surface area contributed by atoms with Crippen LogP contribution in [-0.2, 0) is 6.42 Å². The smallest absolute Gasteiger partial charge is 0.251 e. The first-order chi connectivity index (χ1) is 8.15. The Morgan fingerprint density at radius 3 is 2.88 bits per heavy atom. The van der Waals surface area contributed by atoms with Gasteiger partial charge in [-0.3, -0.25) is 4.79 Å². The van der Waals surface area contributed by atoms with Gasteiger partial charge in [0.25, 0.3) is 5.56 Å². The molecule has 88 valence electrons. The van der Waals surface area contributed by atoms with Gasteiger partial charge in [0.1, 0.15) is 12.0 Å². The highest BCUT2D eigenvalue weighted by atomic mass is 16.1. The summed E-state index contributed by atoms with van der Waals surface area (Å²) in [5.41, 5.74) is 1.27. The predicted molar refractivity (Wildman–Crippen MR) is 64.4 cm³/mol. The minimum absolute atomic E-state index is 0.149. The zero-order chi connectivity index (χ0) is 12.3. The third kappa shape index (κ3) is 2.96. The number of rotatable bonds is 3. The van der Waals surface area contributed by atoms with E-state index in [1.807, 2.05) is 0 Å². The van der Waals surface area contributed by atoms with Crippen molar-refractivity contribution in [3.63, 3.8) is 0 Å². The lowest BCUT2D eigenvalue weighted by Crippen LogP contribution is -2.12. The summed E-state index contributed by atoms with van der Waals surface area (Å²) in [5, 5.41) is 0. The molecule has 0 unspecified atom stereocenters. The summed E-state index contributed by atoms with van der Waals surface area (Å²) in [4.78, 5) is 26.5. The summed E-state index contributed by atoms with van der Waals surface area (Å²) in [6.07, 6.45) is 3.84. The third-order valence-electron chi connectivity index (χ3n) is 2.24. The fourth-order valence-electron chi connectivity index (χ4n) is 1.58. The van der Waals surface area contributed by atoms with Crippen molar-refractivity contribution in [1.82, 2.24) is 19.9 Å². The Morgan fingerprint density at radius 1 is 1.41 bits per heavy atom. The first kappa shape index (κ1) is 11.4. The van der Waals surface area contributed by atoms with E-state index in [9.17, 15) is 4.79 Å². The summed E-state index contributed by atoms with van der Waals surface area (Å²) in [6.45, 7) is 4.18. The lowest BCUT2D eigenvalue weighted by atomic mass is 10.1. The molecule has 2 aromatic heterocycles. The zero-order valence-corrected chi connectivity index (χ0v) is 9.84. The number of hydrogen-bond donors (Lipinski definition) is 1. The Bertz CT molecular complexity index is 548. The van der Waals surface area contributed by atoms with Crippen molar-refractivity contribution < 1.29 is 0 Å². The van der Waals surface area contributed by atoms with Gasteiger partial charge in [0.15, 0.2) is 5.82 Å². The van der Waals surface area contributed by atoms with Gasteiger partial charge in [-0.15, -0.1) is 0 Å². The molecule has 2 rings (SSSR count). The van der Waals surface area contributed by atoms with E-state index in [1.165, 1.54) is 12.4 Å². The van der Waals surface area contributed by atoms with E-state index < -0.39 is 0 Å². The van der Waals surface area contributed by atoms with Gasteiger partial charge in [0.05, 0.1) is 0 Å². The van der Waals surface area contributed by atoms with Crippen LogP contribution in [0.1, 0.15) is 19.5 Å². The normalized spacial score (nSPS) is 10.8. The van der Waals surface area contributed by atoms with Gasteiger partial charge in [0.2, 0.25) is 0 Å². The number of nitrogens with zero attached hydrogens (tertiary/aromatic N) is 3. The second-order valence-corrected chi connectivity index (χ2v) is 4.28. The average molecular weight is 230 g/mol. The van der Waals surface area contributed by atoms with Gasteiger partial charge in [0, 0.05) is 18.0 Å². The Kier molecular flexibility index (Phi) is 3.27. The van der Waals surface area contributed by atoms with E-state index in [-0.39, 0.29) is 5.56 Å². The number of hydrogen-bond acceptors (Lipinski definition) is 4. The molecule has 5 heteroatoms. The predicted octanol–water partition coefficient (Wildman–Crippen LogP) is 1.43. The molecule has 0 atom stereocenters. The SMILES string of the molecule is CC(C)Cc1cc(=O)[nH]c(-c2ccncn2)n1. The van der Waals surface area contributed by atoms with E-state index in [2.05, 4.69) is 33.8 Å². The molecule has 2 aromatic rings. The first-order valence-electron chi connectivity index (χ1n) is 5.52. The molecule has 5 nitrogen and oxygen atoms in total. The van der Waals surface area contributed by atoms with Gasteiger partial charge in [-0.25, -0.2) is 15.0 Å². The number of H-pyrrole nitrogens is 1. The molecule has 0 fully saturated rings. The van der Waals surface area contributed by atoms with Gasteiger partial charge < -0.3 is 4.98 Å². The van der Waals surface area contributed by atoms with Crippen LogP contribution >= 0.6 is 0 Å². The fraction of sp³-hybridized carbons (Fsp3) is 0.333. The zero-order valence-electron chi connectivity index (χ0n) is 9.84. The number of nitrogens with one attached hydrogen (secondary N) is 1. The summed E-state index contributed by atoms with van der Waals surface area (Å²) < 4.78 is 0. The van der Waals surface area contributed by atoms with Crippen LogP contribution in [0.25, 0.3) is 11.5 Å². The Hall–Kier alpha value is -2.04. The van der Waals surface area contributed by atoms with Crippen LogP contribution in [0.15, 0.2) is 29.5 Å². The van der Waals surface area contributed by atoms with E-state index in [4.69, 9.17) is 0 Å². The summed E-state index contributed by atoms with van der Waals surface area (Å²) in [7, 11) is 0. The van der Waals surface area contributed by atoms with E-state index in [1.54, 1.807) is 12.3 Å². The maximum atomic E-state index is 11.5. The molecule has 0 amide bonds. The van der Waals surface area contributed by atoms with Crippen LogP contribution in [0.2, 0.25) is 0 Å².